The smallest absolute Gasteiger partial charge is 0.245 e. The average molecular weight is 1020 g/mol. The average Bonchev–Trinajstić information content (AvgIpc) is 3.32. The molecule has 0 unspecified atom stereocenters. The zero-order valence-electron chi connectivity index (χ0n) is 43.6. The second kappa shape index (κ2) is 38.6. The zero-order chi connectivity index (χ0) is 53.7. The lowest BCUT2D eigenvalue weighted by Crippen LogP contribution is -2.57. The largest absolute Gasteiger partial charge is 0.411 e. The summed E-state index contributed by atoms with van der Waals surface area (Å²) in [6.45, 7) is 12.9. The number of amides is 7. The lowest BCUT2D eigenvalue weighted by molar-refractivity contribution is -0.129. The summed E-state index contributed by atoms with van der Waals surface area (Å²) >= 11 is 0. The second-order valence-electron chi connectivity index (χ2n) is 18.3. The predicted octanol–water partition coefficient (Wildman–Crippen LogP) is -1.38. The van der Waals surface area contributed by atoms with Crippen LogP contribution in [0.4, 0.5) is 0 Å². The van der Waals surface area contributed by atoms with Crippen LogP contribution in [0.5, 0.6) is 0 Å². The Morgan fingerprint density at radius 3 is 1.30 bits per heavy atom. The van der Waals surface area contributed by atoms with E-state index in [0.717, 1.165) is 6.42 Å². The van der Waals surface area contributed by atoms with Crippen LogP contribution in [0.15, 0.2) is 10.3 Å². The highest BCUT2D eigenvalue weighted by Crippen LogP contribution is 2.09. The number of carbonyl (C=O) groups is 7. The van der Waals surface area contributed by atoms with Gasteiger partial charge in [0.05, 0.1) is 67.1 Å². The Hall–Kier alpha value is -5.05. The summed E-state index contributed by atoms with van der Waals surface area (Å²) in [5.41, 5.74) is 10.2. The van der Waals surface area contributed by atoms with E-state index in [4.69, 9.17) is 25.7 Å². The molecule has 25 heteroatoms. The van der Waals surface area contributed by atoms with Gasteiger partial charge in [-0.2, -0.15) is 0 Å². The molecule has 0 aliphatic rings. The quantitative estimate of drug-likeness (QED) is 0.0145. The summed E-state index contributed by atoms with van der Waals surface area (Å²) in [4.78, 5) is 86.6. The normalized spacial score (nSPS) is 13.5. The van der Waals surface area contributed by atoms with Gasteiger partial charge in [-0.1, -0.05) is 10.3 Å². The van der Waals surface area contributed by atoms with E-state index in [0.29, 0.717) is 89.1 Å². The first-order valence-corrected chi connectivity index (χ1v) is 24.6. The van der Waals surface area contributed by atoms with Crippen molar-refractivity contribution >= 4 is 52.8 Å². The zero-order valence-corrected chi connectivity index (χ0v) is 43.6. The number of likely N-dealkylation sites (N-methyl/N-ethyl adjacent to an activating group) is 2. The molecular formula is C46H89N13O12. The minimum Gasteiger partial charge on any atom is -0.411 e. The highest BCUT2D eigenvalue weighted by Gasteiger charge is 2.27. The van der Waals surface area contributed by atoms with E-state index >= 15 is 0 Å². The maximum absolute atomic E-state index is 13.3. The van der Waals surface area contributed by atoms with Gasteiger partial charge in [0.25, 0.3) is 0 Å². The van der Waals surface area contributed by atoms with Crippen molar-refractivity contribution in [2.45, 2.75) is 154 Å². The van der Waals surface area contributed by atoms with Gasteiger partial charge in [0.15, 0.2) is 0 Å². The number of oxime groups is 2. The molecule has 0 aromatic heterocycles. The maximum Gasteiger partial charge on any atom is 0.245 e. The summed E-state index contributed by atoms with van der Waals surface area (Å²) in [5, 5.41) is 51.7. The lowest BCUT2D eigenvalue weighted by Gasteiger charge is -2.32. The number of nitrogens with one attached hydrogen (secondary N) is 9. The topological polar surface area (TPSA) is 373 Å². The summed E-state index contributed by atoms with van der Waals surface area (Å²) in [5.74, 6) is -2.55. The minimum absolute atomic E-state index is 0.0232. The first kappa shape index (κ1) is 66.0. The molecule has 0 saturated heterocycles. The second-order valence-corrected chi connectivity index (χ2v) is 18.3. The number of primary amides is 2. The fourth-order valence-corrected chi connectivity index (χ4v) is 6.52. The van der Waals surface area contributed by atoms with E-state index < -0.39 is 46.9 Å². The van der Waals surface area contributed by atoms with Crippen molar-refractivity contribution in [1.29, 1.82) is 0 Å². The van der Waals surface area contributed by atoms with Crippen LogP contribution >= 0.6 is 0 Å². The number of nitrogens with zero attached hydrogens (tertiary/aromatic N) is 2. The van der Waals surface area contributed by atoms with E-state index in [1.54, 1.807) is 27.9 Å². The molecule has 25 nitrogen and oxygen atoms in total. The van der Waals surface area contributed by atoms with E-state index in [9.17, 15) is 44.0 Å². The fourth-order valence-electron chi connectivity index (χ4n) is 6.52. The van der Waals surface area contributed by atoms with Crippen molar-refractivity contribution in [3.8, 4) is 0 Å². The molecule has 71 heavy (non-hydrogen) atoms. The molecule has 3 atom stereocenters. The van der Waals surface area contributed by atoms with Crippen LogP contribution in [0.3, 0.4) is 0 Å². The third kappa shape index (κ3) is 32.5. The number of nitrogens with two attached hydrogens (primary N) is 2. The van der Waals surface area contributed by atoms with Crippen molar-refractivity contribution in [2.75, 3.05) is 86.5 Å². The Labute approximate surface area is 420 Å². The van der Waals surface area contributed by atoms with Crippen LogP contribution < -0.4 is 59.3 Å². The molecule has 0 bridgehead atoms. The van der Waals surface area contributed by atoms with E-state index in [-0.39, 0.29) is 95.0 Å². The standard InChI is InChI=1S/C46H89N13O12/c1-32(58-67)45(3,4)54-28-34(29-55-46(5,6)33(2)59-68)56-38(60)19-15-20-39(61)57-37(44(66)53-23-14-10-17-36(50-8)43(48)65)18-11-13-22-52-41(63)31-71-27-25-69-24-26-70-30-40(62)51-21-12-9-16-35(49-7)42(47)64/h34-37,49-50,54-55,67-68H,9-31H2,1-8H3,(H2,47,64)(H2,48,65)(H,51,62)(H,52,63)(H,53,66)(H,56,60)(H,57,61)/b58-32+,59-33+/t35-,36-,37-/m0/s1. The Morgan fingerprint density at radius 2 is 0.901 bits per heavy atom. The molecule has 0 aliphatic heterocycles. The molecule has 0 rings (SSSR count). The van der Waals surface area contributed by atoms with Crippen molar-refractivity contribution in [3.05, 3.63) is 0 Å². The van der Waals surface area contributed by atoms with Gasteiger partial charge in [0.2, 0.25) is 41.4 Å². The van der Waals surface area contributed by atoms with Crippen LogP contribution in [0.1, 0.15) is 119 Å². The van der Waals surface area contributed by atoms with Crippen LogP contribution in [-0.4, -0.2) is 185 Å². The summed E-state index contributed by atoms with van der Waals surface area (Å²) in [6, 6.07) is -2.18. The van der Waals surface area contributed by atoms with Crippen molar-refractivity contribution < 1.29 is 58.2 Å². The molecule has 0 aromatic carbocycles. The van der Waals surface area contributed by atoms with Crippen LogP contribution in [0.25, 0.3) is 0 Å². The van der Waals surface area contributed by atoms with Crippen molar-refractivity contribution in [1.82, 2.24) is 47.9 Å². The molecular weight excluding hydrogens is 927 g/mol. The number of carbonyl (C=O) groups excluding carboxylic acids is 7. The third-order valence-electron chi connectivity index (χ3n) is 11.8. The summed E-state index contributed by atoms with van der Waals surface area (Å²) in [6.07, 6.45) is 5.21. The Bertz CT molecular complexity index is 1620. The van der Waals surface area contributed by atoms with Gasteiger partial charge in [-0.3, -0.25) is 33.6 Å². The highest BCUT2D eigenvalue weighted by atomic mass is 16.5. The fraction of sp³-hybridized carbons (Fsp3) is 0.804. The number of hydrogen-bond acceptors (Lipinski definition) is 18. The number of ether oxygens (including phenoxy) is 3. The first-order chi connectivity index (χ1) is 33.6. The molecule has 0 radical (unpaired) electrons. The monoisotopic (exact) mass is 1020 g/mol. The SMILES string of the molecule is CN[C@@H](CCCCNC(=O)COCCOCCOCC(=O)NCCCC[C@H](NC(=O)CCCC(=O)NC(CNC(C)(C)/C(C)=N/O)CNC(C)(C)/C(C)=N/O)C(=O)NCCCC[C@H](NC)C(N)=O)C(N)=O. The highest BCUT2D eigenvalue weighted by molar-refractivity contribution is 5.91. The van der Waals surface area contributed by atoms with Crippen LogP contribution in [0, 0.1) is 0 Å². The van der Waals surface area contributed by atoms with E-state index in [1.165, 1.54) is 0 Å². The van der Waals surface area contributed by atoms with E-state index in [2.05, 4.69) is 58.2 Å². The van der Waals surface area contributed by atoms with Gasteiger partial charge >= 0.3 is 0 Å². The maximum atomic E-state index is 13.3. The number of rotatable bonds is 44. The van der Waals surface area contributed by atoms with Gasteiger partial charge in [0.1, 0.15) is 19.3 Å². The molecule has 0 aromatic rings. The number of unbranched alkanes of at least 4 members (excludes halogenated alkanes) is 3. The molecule has 0 aliphatic carbocycles. The third-order valence-corrected chi connectivity index (χ3v) is 11.8. The van der Waals surface area contributed by atoms with Crippen molar-refractivity contribution in [3.63, 3.8) is 0 Å². The van der Waals surface area contributed by atoms with Crippen LogP contribution in [-0.2, 0) is 47.8 Å². The molecule has 0 saturated carbocycles. The van der Waals surface area contributed by atoms with Gasteiger partial charge < -0.3 is 83.9 Å². The Morgan fingerprint density at radius 1 is 0.521 bits per heavy atom. The van der Waals surface area contributed by atoms with E-state index in [1.807, 2.05) is 27.7 Å². The molecule has 0 heterocycles. The number of hydrogen-bond donors (Lipinski definition) is 13. The van der Waals surface area contributed by atoms with Crippen molar-refractivity contribution in [2.24, 2.45) is 21.8 Å². The lowest BCUT2D eigenvalue weighted by atomic mass is 9.98. The Kier molecular flexibility index (Phi) is 35.9. The predicted molar refractivity (Wildman–Crippen MR) is 269 cm³/mol. The van der Waals surface area contributed by atoms with Gasteiger partial charge in [-0.05, 0) is 120 Å². The van der Waals surface area contributed by atoms with Gasteiger partial charge in [-0.25, -0.2) is 0 Å². The molecule has 7 amide bonds. The van der Waals surface area contributed by atoms with Crippen LogP contribution in [0.2, 0.25) is 0 Å². The van der Waals surface area contributed by atoms with Gasteiger partial charge in [0, 0.05) is 45.6 Å². The summed E-state index contributed by atoms with van der Waals surface area (Å²) < 4.78 is 16.1. The molecule has 0 fully saturated rings. The molecule has 15 N–H and O–H groups in total. The minimum atomic E-state index is -0.873. The molecule has 410 valence electrons. The summed E-state index contributed by atoms with van der Waals surface area (Å²) in [7, 11) is 3.32. The van der Waals surface area contributed by atoms with Gasteiger partial charge in [-0.15, -0.1) is 0 Å². The first-order valence-electron chi connectivity index (χ1n) is 24.6. The molecule has 0 spiro atoms. The Balaban J connectivity index is 4.91.